The van der Waals surface area contributed by atoms with Gasteiger partial charge < -0.3 is 15.2 Å². The Bertz CT molecular complexity index is 268. The van der Waals surface area contributed by atoms with Crippen LogP contribution in [0.25, 0.3) is 0 Å². The van der Waals surface area contributed by atoms with Gasteiger partial charge in [-0.1, -0.05) is 0 Å². The van der Waals surface area contributed by atoms with Crippen LogP contribution in [0.3, 0.4) is 0 Å². The van der Waals surface area contributed by atoms with Crippen LogP contribution in [-0.4, -0.2) is 41.7 Å². The molecule has 0 radical (unpaired) electrons. The average Bonchev–Trinajstić information content (AvgIpc) is 2.18. The molecule has 1 heterocycles. The number of rotatable bonds is 6. The minimum atomic E-state index is 0.0598. The second kappa shape index (κ2) is 6.28. The van der Waals surface area contributed by atoms with E-state index in [0.29, 0.717) is 19.8 Å². The van der Waals surface area contributed by atoms with Crippen molar-refractivity contribution in [2.75, 3.05) is 31.7 Å². The smallest absolute Gasteiger partial charge is 0.148 e. The second-order valence-corrected chi connectivity index (χ2v) is 2.88. The molecule has 0 bridgehead atoms. The van der Waals surface area contributed by atoms with Gasteiger partial charge in [-0.05, 0) is 18.6 Å². The molecule has 0 aromatic carbocycles. The minimum Gasteiger partial charge on any atom is -0.394 e. The fraction of sp³-hybridized carbons (Fsp3) is 0.556. The largest absolute Gasteiger partial charge is 0.394 e. The number of nitrogens with one attached hydrogen (secondary N) is 1. The Morgan fingerprint density at radius 1 is 1.50 bits per heavy atom. The Labute approximate surface area is 83.1 Å². The molecule has 0 aliphatic heterocycles. The minimum absolute atomic E-state index is 0.0598. The molecule has 5 nitrogen and oxygen atoms in total. The van der Waals surface area contributed by atoms with Crippen molar-refractivity contribution in [3.05, 3.63) is 17.8 Å². The number of ether oxygens (including phenoxy) is 1. The fourth-order valence-electron chi connectivity index (χ4n) is 0.968. The van der Waals surface area contributed by atoms with Crippen molar-refractivity contribution in [2.45, 2.75) is 6.92 Å². The van der Waals surface area contributed by atoms with E-state index in [1.54, 1.807) is 6.20 Å². The van der Waals surface area contributed by atoms with Gasteiger partial charge in [-0.3, -0.25) is 0 Å². The Balaban J connectivity index is 2.18. The van der Waals surface area contributed by atoms with E-state index >= 15 is 0 Å². The third-order valence-corrected chi connectivity index (χ3v) is 1.58. The molecule has 0 amide bonds. The number of aromatic nitrogens is 2. The molecule has 0 saturated heterocycles. The van der Waals surface area contributed by atoms with E-state index in [4.69, 9.17) is 9.84 Å². The van der Waals surface area contributed by atoms with E-state index < -0.39 is 0 Å². The quantitative estimate of drug-likeness (QED) is 0.638. The van der Waals surface area contributed by atoms with Gasteiger partial charge in [0, 0.05) is 6.54 Å². The van der Waals surface area contributed by atoms with Crippen molar-refractivity contribution in [1.29, 1.82) is 0 Å². The lowest BCUT2D eigenvalue weighted by Crippen LogP contribution is -2.12. The van der Waals surface area contributed by atoms with Crippen LogP contribution in [0.5, 0.6) is 0 Å². The summed E-state index contributed by atoms with van der Waals surface area (Å²) in [5.41, 5.74) is 1.07. The van der Waals surface area contributed by atoms with Gasteiger partial charge >= 0.3 is 0 Å². The van der Waals surface area contributed by atoms with Crippen LogP contribution < -0.4 is 5.32 Å². The Hall–Kier alpha value is -1.20. The molecule has 0 saturated carbocycles. The van der Waals surface area contributed by atoms with Gasteiger partial charge in [-0.15, -0.1) is 5.10 Å². The first-order chi connectivity index (χ1) is 6.83. The van der Waals surface area contributed by atoms with Crippen molar-refractivity contribution in [3.63, 3.8) is 0 Å². The number of aliphatic hydroxyl groups excluding tert-OH is 1. The molecule has 14 heavy (non-hydrogen) atoms. The van der Waals surface area contributed by atoms with Gasteiger partial charge in [-0.2, -0.15) is 5.10 Å². The normalized spacial score (nSPS) is 10.1. The van der Waals surface area contributed by atoms with Crippen LogP contribution in [0.1, 0.15) is 5.56 Å². The summed E-state index contributed by atoms with van der Waals surface area (Å²) >= 11 is 0. The summed E-state index contributed by atoms with van der Waals surface area (Å²) < 4.78 is 5.07. The maximum atomic E-state index is 8.45. The summed E-state index contributed by atoms with van der Waals surface area (Å²) in [5, 5.41) is 19.2. The van der Waals surface area contributed by atoms with Crippen LogP contribution in [0, 0.1) is 6.92 Å². The van der Waals surface area contributed by atoms with Gasteiger partial charge in [0.1, 0.15) is 5.82 Å². The second-order valence-electron chi connectivity index (χ2n) is 2.88. The summed E-state index contributed by atoms with van der Waals surface area (Å²) in [5.74, 6) is 0.748. The third kappa shape index (κ3) is 4.15. The van der Waals surface area contributed by atoms with E-state index in [1.807, 2.05) is 13.0 Å². The highest BCUT2D eigenvalue weighted by atomic mass is 16.5. The van der Waals surface area contributed by atoms with Crippen LogP contribution in [0.15, 0.2) is 12.3 Å². The predicted molar refractivity (Wildman–Crippen MR) is 53.2 cm³/mol. The molecule has 0 fully saturated rings. The molecule has 1 aromatic rings. The molecule has 1 rings (SSSR count). The molecule has 0 aliphatic rings. The molecular weight excluding hydrogens is 182 g/mol. The summed E-state index contributed by atoms with van der Waals surface area (Å²) in [4.78, 5) is 0. The number of aliphatic hydroxyl groups is 1. The Morgan fingerprint density at radius 2 is 2.36 bits per heavy atom. The predicted octanol–water partition coefficient (Wildman–Crippen LogP) is 0.206. The van der Waals surface area contributed by atoms with Gasteiger partial charge in [0.25, 0.3) is 0 Å². The summed E-state index contributed by atoms with van der Waals surface area (Å²) in [6, 6.07) is 1.92. The maximum Gasteiger partial charge on any atom is 0.148 e. The Kier molecular flexibility index (Phi) is 4.88. The van der Waals surface area contributed by atoms with Crippen LogP contribution >= 0.6 is 0 Å². The van der Waals surface area contributed by atoms with Crippen molar-refractivity contribution < 1.29 is 9.84 Å². The molecule has 0 unspecified atom stereocenters. The fourth-order valence-corrected chi connectivity index (χ4v) is 0.968. The molecule has 0 atom stereocenters. The highest BCUT2D eigenvalue weighted by Gasteiger charge is 1.93. The van der Waals surface area contributed by atoms with Gasteiger partial charge in [0.15, 0.2) is 0 Å². The number of hydrogen-bond donors (Lipinski definition) is 2. The summed E-state index contributed by atoms with van der Waals surface area (Å²) in [6.45, 7) is 3.61. The van der Waals surface area contributed by atoms with E-state index in [2.05, 4.69) is 15.5 Å². The standard InChI is InChI=1S/C9H15N3O2/c1-8-6-9(12-11-7-8)10-2-4-14-5-3-13/h6-7,13H,2-5H2,1H3,(H,10,12). The van der Waals surface area contributed by atoms with Crippen molar-refractivity contribution in [1.82, 2.24) is 10.2 Å². The first kappa shape index (κ1) is 10.9. The van der Waals surface area contributed by atoms with E-state index in [1.165, 1.54) is 0 Å². The molecular formula is C9H15N3O2. The lowest BCUT2D eigenvalue weighted by atomic mass is 10.3. The lowest BCUT2D eigenvalue weighted by Gasteiger charge is -2.05. The van der Waals surface area contributed by atoms with E-state index in [0.717, 1.165) is 11.4 Å². The highest BCUT2D eigenvalue weighted by molar-refractivity contribution is 5.34. The molecule has 1 aromatic heterocycles. The average molecular weight is 197 g/mol. The zero-order chi connectivity index (χ0) is 10.2. The zero-order valence-electron chi connectivity index (χ0n) is 8.23. The van der Waals surface area contributed by atoms with Crippen LogP contribution in [-0.2, 0) is 4.74 Å². The molecule has 78 valence electrons. The van der Waals surface area contributed by atoms with Crippen LogP contribution in [0.4, 0.5) is 5.82 Å². The van der Waals surface area contributed by atoms with Crippen molar-refractivity contribution in [3.8, 4) is 0 Å². The number of anilines is 1. The topological polar surface area (TPSA) is 67.3 Å². The van der Waals surface area contributed by atoms with Crippen molar-refractivity contribution in [2.24, 2.45) is 0 Å². The first-order valence-electron chi connectivity index (χ1n) is 4.54. The van der Waals surface area contributed by atoms with Gasteiger partial charge in [-0.25, -0.2) is 0 Å². The van der Waals surface area contributed by atoms with Gasteiger partial charge in [0.05, 0.1) is 26.0 Å². The van der Waals surface area contributed by atoms with Crippen molar-refractivity contribution >= 4 is 5.82 Å². The van der Waals surface area contributed by atoms with Gasteiger partial charge in [0.2, 0.25) is 0 Å². The summed E-state index contributed by atoms with van der Waals surface area (Å²) in [6.07, 6.45) is 1.70. The SMILES string of the molecule is Cc1cnnc(NCCOCCO)c1. The molecule has 0 aliphatic carbocycles. The lowest BCUT2D eigenvalue weighted by molar-refractivity contribution is 0.0992. The Morgan fingerprint density at radius 3 is 3.07 bits per heavy atom. The van der Waals surface area contributed by atoms with E-state index in [9.17, 15) is 0 Å². The maximum absolute atomic E-state index is 8.45. The molecule has 0 spiro atoms. The number of nitrogens with zero attached hydrogens (tertiary/aromatic N) is 2. The van der Waals surface area contributed by atoms with E-state index in [-0.39, 0.29) is 6.61 Å². The third-order valence-electron chi connectivity index (χ3n) is 1.58. The highest BCUT2D eigenvalue weighted by Crippen LogP contribution is 2.01. The first-order valence-corrected chi connectivity index (χ1v) is 4.54. The molecule has 5 heteroatoms. The van der Waals surface area contributed by atoms with Crippen LogP contribution in [0.2, 0.25) is 0 Å². The monoisotopic (exact) mass is 197 g/mol. The zero-order valence-corrected chi connectivity index (χ0v) is 8.23. The number of aryl methyl sites for hydroxylation is 1. The summed E-state index contributed by atoms with van der Waals surface area (Å²) in [7, 11) is 0. The molecule has 2 N–H and O–H groups in total. The number of hydrogen-bond acceptors (Lipinski definition) is 5.